The molecule has 0 saturated heterocycles. The molecule has 2 rings (SSSR count). The van der Waals surface area contributed by atoms with Gasteiger partial charge in [-0.2, -0.15) is 0 Å². The van der Waals surface area contributed by atoms with E-state index in [1.54, 1.807) is 11.1 Å². The van der Waals surface area contributed by atoms with Crippen molar-refractivity contribution in [2.75, 3.05) is 0 Å². The number of hydrogen-bond donors (Lipinski definition) is 0. The molecule has 0 N–H and O–H groups in total. The van der Waals surface area contributed by atoms with Gasteiger partial charge in [-0.1, -0.05) is 45.5 Å². The summed E-state index contributed by atoms with van der Waals surface area (Å²) >= 11 is 0. The average molecular weight is 204 g/mol. The normalized spacial score (nSPS) is 20.3. The van der Waals surface area contributed by atoms with E-state index in [9.17, 15) is 0 Å². The van der Waals surface area contributed by atoms with E-state index in [-0.39, 0.29) is 7.43 Å². The molecule has 0 nitrogen and oxygen atoms in total. The molecule has 1 aromatic rings. The van der Waals surface area contributed by atoms with Crippen LogP contribution in [0.2, 0.25) is 0 Å². The highest BCUT2D eigenvalue weighted by molar-refractivity contribution is 5.28. The van der Waals surface area contributed by atoms with Crippen LogP contribution in [0, 0.1) is 11.8 Å². The molecular formula is C15H24. The van der Waals surface area contributed by atoms with Gasteiger partial charge in [0.05, 0.1) is 0 Å². The Morgan fingerprint density at radius 3 is 2.47 bits per heavy atom. The standard InChI is InChI=1S/C14H20.CH4/c1-11(2)13-9-5-8-12-6-3-4-7-14(12)10-13;/h3-4,6-7,11,13H,5,8-10H2,1-2H3;1H4. The monoisotopic (exact) mass is 204 g/mol. The summed E-state index contributed by atoms with van der Waals surface area (Å²) in [5.41, 5.74) is 3.19. The quantitative estimate of drug-likeness (QED) is 0.592. The van der Waals surface area contributed by atoms with Crippen LogP contribution in [-0.2, 0) is 12.8 Å². The fraction of sp³-hybridized carbons (Fsp3) is 0.600. The number of rotatable bonds is 1. The summed E-state index contributed by atoms with van der Waals surface area (Å²) in [5.74, 6) is 1.74. The Hall–Kier alpha value is -0.780. The van der Waals surface area contributed by atoms with Gasteiger partial charge in [-0.15, -0.1) is 0 Å². The molecule has 0 aromatic heterocycles. The van der Waals surface area contributed by atoms with Crippen LogP contribution in [-0.4, -0.2) is 0 Å². The van der Waals surface area contributed by atoms with Crippen molar-refractivity contribution in [3.8, 4) is 0 Å². The number of benzene rings is 1. The minimum atomic E-state index is 0. The van der Waals surface area contributed by atoms with Crippen molar-refractivity contribution in [1.82, 2.24) is 0 Å². The smallest absolute Gasteiger partial charge is 0.0245 e. The first-order valence-electron chi connectivity index (χ1n) is 5.84. The predicted molar refractivity (Wildman–Crippen MR) is 68.1 cm³/mol. The summed E-state index contributed by atoms with van der Waals surface area (Å²) in [5, 5.41) is 0. The second-order valence-electron chi connectivity index (χ2n) is 4.87. The van der Waals surface area contributed by atoms with Crippen molar-refractivity contribution in [1.29, 1.82) is 0 Å². The average Bonchev–Trinajstić information content (AvgIpc) is 2.39. The molecule has 1 aliphatic rings. The number of aryl methyl sites for hydroxylation is 1. The molecule has 1 unspecified atom stereocenters. The molecule has 0 aliphatic heterocycles. The zero-order valence-electron chi connectivity index (χ0n) is 9.29. The summed E-state index contributed by atoms with van der Waals surface area (Å²) in [7, 11) is 0. The van der Waals surface area contributed by atoms with Gasteiger partial charge < -0.3 is 0 Å². The van der Waals surface area contributed by atoms with Crippen molar-refractivity contribution in [2.45, 2.75) is 47.0 Å². The van der Waals surface area contributed by atoms with Crippen LogP contribution in [0.15, 0.2) is 24.3 Å². The first kappa shape index (κ1) is 12.3. The minimum Gasteiger partial charge on any atom is -0.0776 e. The second kappa shape index (κ2) is 5.34. The van der Waals surface area contributed by atoms with E-state index in [0.717, 1.165) is 11.8 Å². The Labute approximate surface area is 94.7 Å². The Kier molecular flexibility index (Phi) is 4.38. The number of hydrogen-bond acceptors (Lipinski definition) is 0. The highest BCUT2D eigenvalue weighted by atomic mass is 14.2. The van der Waals surface area contributed by atoms with Crippen LogP contribution in [0.5, 0.6) is 0 Å². The van der Waals surface area contributed by atoms with Gasteiger partial charge in [0.2, 0.25) is 0 Å². The molecule has 84 valence electrons. The lowest BCUT2D eigenvalue weighted by molar-refractivity contribution is 0.357. The lowest BCUT2D eigenvalue weighted by atomic mass is 9.87. The Bertz CT molecular complexity index is 299. The van der Waals surface area contributed by atoms with Gasteiger partial charge in [-0.05, 0) is 48.6 Å². The molecule has 0 spiro atoms. The molecule has 0 saturated carbocycles. The van der Waals surface area contributed by atoms with E-state index in [0.29, 0.717) is 0 Å². The third-order valence-corrected chi connectivity index (χ3v) is 3.56. The third-order valence-electron chi connectivity index (χ3n) is 3.56. The van der Waals surface area contributed by atoms with Crippen molar-refractivity contribution in [3.63, 3.8) is 0 Å². The topological polar surface area (TPSA) is 0 Å². The van der Waals surface area contributed by atoms with Crippen molar-refractivity contribution in [3.05, 3.63) is 35.4 Å². The van der Waals surface area contributed by atoms with Gasteiger partial charge >= 0.3 is 0 Å². The van der Waals surface area contributed by atoms with E-state index in [1.807, 2.05) is 0 Å². The fourth-order valence-electron chi connectivity index (χ4n) is 2.51. The van der Waals surface area contributed by atoms with Gasteiger partial charge in [-0.25, -0.2) is 0 Å². The Balaban J connectivity index is 0.00000112. The molecule has 1 aliphatic carbocycles. The van der Waals surface area contributed by atoms with Crippen LogP contribution >= 0.6 is 0 Å². The van der Waals surface area contributed by atoms with Crippen LogP contribution in [0.25, 0.3) is 0 Å². The molecule has 0 bridgehead atoms. The molecule has 0 heterocycles. The zero-order chi connectivity index (χ0) is 9.97. The van der Waals surface area contributed by atoms with Gasteiger partial charge in [0, 0.05) is 0 Å². The highest BCUT2D eigenvalue weighted by Crippen LogP contribution is 2.28. The van der Waals surface area contributed by atoms with Gasteiger partial charge in [0.25, 0.3) is 0 Å². The summed E-state index contributed by atoms with van der Waals surface area (Å²) in [4.78, 5) is 0. The lowest BCUT2D eigenvalue weighted by Crippen LogP contribution is -2.10. The molecule has 1 atom stereocenters. The molecule has 0 heteroatoms. The number of fused-ring (bicyclic) bond motifs is 1. The Morgan fingerprint density at radius 1 is 1.13 bits per heavy atom. The summed E-state index contributed by atoms with van der Waals surface area (Å²) in [6.07, 6.45) is 5.37. The third kappa shape index (κ3) is 2.84. The van der Waals surface area contributed by atoms with Crippen LogP contribution in [0.1, 0.15) is 45.2 Å². The first-order valence-corrected chi connectivity index (χ1v) is 5.84. The lowest BCUT2D eigenvalue weighted by Gasteiger charge is -2.18. The highest BCUT2D eigenvalue weighted by Gasteiger charge is 2.18. The van der Waals surface area contributed by atoms with Crippen molar-refractivity contribution in [2.24, 2.45) is 11.8 Å². The van der Waals surface area contributed by atoms with E-state index >= 15 is 0 Å². The van der Waals surface area contributed by atoms with E-state index in [1.165, 1.54) is 25.7 Å². The molecule has 0 amide bonds. The maximum absolute atomic E-state index is 2.36. The first-order chi connectivity index (χ1) is 6.77. The van der Waals surface area contributed by atoms with Crippen LogP contribution < -0.4 is 0 Å². The molecule has 0 fully saturated rings. The summed E-state index contributed by atoms with van der Waals surface area (Å²) in [6, 6.07) is 8.98. The Morgan fingerprint density at radius 2 is 1.80 bits per heavy atom. The van der Waals surface area contributed by atoms with Crippen molar-refractivity contribution >= 4 is 0 Å². The summed E-state index contributed by atoms with van der Waals surface area (Å²) in [6.45, 7) is 4.72. The van der Waals surface area contributed by atoms with Crippen LogP contribution in [0.3, 0.4) is 0 Å². The largest absolute Gasteiger partial charge is 0.0776 e. The molecular weight excluding hydrogens is 180 g/mol. The van der Waals surface area contributed by atoms with Gasteiger partial charge in [0.1, 0.15) is 0 Å². The maximum Gasteiger partial charge on any atom is -0.0245 e. The predicted octanol–water partition coefficient (Wildman–Crippen LogP) is 4.47. The SMILES string of the molecule is C.CC(C)C1CCCc2ccccc2C1. The van der Waals surface area contributed by atoms with Crippen molar-refractivity contribution < 1.29 is 0 Å². The maximum atomic E-state index is 2.36. The fourth-order valence-corrected chi connectivity index (χ4v) is 2.51. The second-order valence-corrected chi connectivity index (χ2v) is 4.87. The van der Waals surface area contributed by atoms with E-state index in [4.69, 9.17) is 0 Å². The minimum absolute atomic E-state index is 0. The van der Waals surface area contributed by atoms with Gasteiger partial charge in [-0.3, -0.25) is 0 Å². The molecule has 15 heavy (non-hydrogen) atoms. The summed E-state index contributed by atoms with van der Waals surface area (Å²) < 4.78 is 0. The van der Waals surface area contributed by atoms with E-state index < -0.39 is 0 Å². The van der Waals surface area contributed by atoms with Gasteiger partial charge in [0.15, 0.2) is 0 Å². The molecule has 1 aromatic carbocycles. The zero-order valence-corrected chi connectivity index (χ0v) is 9.29. The van der Waals surface area contributed by atoms with Crippen LogP contribution in [0.4, 0.5) is 0 Å². The van der Waals surface area contributed by atoms with E-state index in [2.05, 4.69) is 38.1 Å². The molecule has 0 radical (unpaired) electrons.